The third kappa shape index (κ3) is 3.12. The maximum atomic E-state index is 14.0. The van der Waals surface area contributed by atoms with Crippen molar-refractivity contribution in [3.05, 3.63) is 35.4 Å². The van der Waals surface area contributed by atoms with Gasteiger partial charge in [0.25, 0.3) is 0 Å². The average Bonchev–Trinajstić information content (AvgIpc) is 2.40. The van der Waals surface area contributed by atoms with Gasteiger partial charge >= 0.3 is 0 Å². The third-order valence-electron chi connectivity index (χ3n) is 4.03. The minimum absolute atomic E-state index is 0.0538. The van der Waals surface area contributed by atoms with Crippen LogP contribution in [0.2, 0.25) is 0 Å². The smallest absolute Gasteiger partial charge is 0.128 e. The highest BCUT2D eigenvalue weighted by atomic mass is 19.1. The zero-order valence-corrected chi connectivity index (χ0v) is 11.8. The number of hydrogen-bond donors (Lipinski definition) is 1. The molecule has 2 rings (SSSR count). The lowest BCUT2D eigenvalue weighted by molar-refractivity contribution is 0.0920. The maximum Gasteiger partial charge on any atom is 0.128 e. The molecule has 1 saturated heterocycles. The van der Waals surface area contributed by atoms with Crippen LogP contribution in [-0.4, -0.2) is 30.6 Å². The van der Waals surface area contributed by atoms with Crippen molar-refractivity contribution in [3.63, 3.8) is 0 Å². The van der Waals surface area contributed by atoms with Crippen LogP contribution in [0.15, 0.2) is 18.2 Å². The lowest BCUT2D eigenvalue weighted by Crippen LogP contribution is -2.46. The molecule has 1 aromatic rings. The van der Waals surface area contributed by atoms with Crippen molar-refractivity contribution in [2.75, 3.05) is 13.6 Å². The van der Waals surface area contributed by atoms with Gasteiger partial charge in [0.2, 0.25) is 0 Å². The van der Waals surface area contributed by atoms with Gasteiger partial charge in [0, 0.05) is 30.2 Å². The molecule has 0 aliphatic carbocycles. The van der Waals surface area contributed by atoms with E-state index in [4.69, 9.17) is 0 Å². The molecule has 2 nitrogen and oxygen atoms in total. The molecule has 0 radical (unpaired) electrons. The number of benzene rings is 1. The summed E-state index contributed by atoms with van der Waals surface area (Å²) in [4.78, 5) is 2.26. The van der Waals surface area contributed by atoms with Crippen molar-refractivity contribution in [3.8, 4) is 0 Å². The molecular formula is C15H22F2N2. The van der Waals surface area contributed by atoms with Crippen LogP contribution in [0.5, 0.6) is 0 Å². The maximum absolute atomic E-state index is 14.0. The van der Waals surface area contributed by atoms with E-state index in [-0.39, 0.29) is 17.7 Å². The summed E-state index contributed by atoms with van der Waals surface area (Å²) in [6, 6.07) is 4.38. The van der Waals surface area contributed by atoms with Crippen LogP contribution in [0.25, 0.3) is 0 Å². The lowest BCUT2D eigenvalue weighted by Gasteiger charge is -2.42. The molecule has 0 amide bonds. The van der Waals surface area contributed by atoms with Crippen molar-refractivity contribution in [2.24, 2.45) is 0 Å². The Labute approximate surface area is 113 Å². The summed E-state index contributed by atoms with van der Waals surface area (Å²) in [5.74, 6) is -0.680. The van der Waals surface area contributed by atoms with Crippen LogP contribution >= 0.6 is 0 Å². The molecule has 0 aromatic heterocycles. The minimum atomic E-state index is -0.369. The van der Waals surface area contributed by atoms with Gasteiger partial charge < -0.3 is 5.32 Å². The number of rotatable bonds is 3. The zero-order valence-electron chi connectivity index (χ0n) is 11.8. The summed E-state index contributed by atoms with van der Waals surface area (Å²) in [6.07, 6.45) is 1.86. The fraction of sp³-hybridized carbons (Fsp3) is 0.600. The SMILES string of the molecule is CNC1CCN(C(C)C)C(c2cc(F)ccc2F)C1. The Hall–Kier alpha value is -1.00. The fourth-order valence-electron chi connectivity index (χ4n) is 2.94. The molecule has 19 heavy (non-hydrogen) atoms. The van der Waals surface area contributed by atoms with E-state index >= 15 is 0 Å². The first-order valence-electron chi connectivity index (χ1n) is 6.91. The molecule has 2 unspecified atom stereocenters. The summed E-state index contributed by atoms with van der Waals surface area (Å²) >= 11 is 0. The zero-order chi connectivity index (χ0) is 14.0. The van der Waals surface area contributed by atoms with Crippen LogP contribution in [-0.2, 0) is 0 Å². The van der Waals surface area contributed by atoms with Gasteiger partial charge in [-0.1, -0.05) is 0 Å². The molecule has 4 heteroatoms. The van der Waals surface area contributed by atoms with Gasteiger partial charge in [-0.3, -0.25) is 4.90 Å². The van der Waals surface area contributed by atoms with Crippen LogP contribution < -0.4 is 5.32 Å². The highest BCUT2D eigenvalue weighted by Crippen LogP contribution is 2.34. The van der Waals surface area contributed by atoms with E-state index in [0.29, 0.717) is 17.6 Å². The second-order valence-electron chi connectivity index (χ2n) is 5.52. The molecule has 0 spiro atoms. The van der Waals surface area contributed by atoms with E-state index in [1.165, 1.54) is 18.2 Å². The molecule has 1 fully saturated rings. The molecule has 1 heterocycles. The Bertz CT molecular complexity index is 434. The predicted octanol–water partition coefficient (Wildman–Crippen LogP) is 3.10. The quantitative estimate of drug-likeness (QED) is 0.906. The minimum Gasteiger partial charge on any atom is -0.317 e. The molecule has 0 bridgehead atoms. The Balaban J connectivity index is 2.33. The van der Waals surface area contributed by atoms with Gasteiger partial charge in [-0.25, -0.2) is 8.78 Å². The Morgan fingerprint density at radius 2 is 2.05 bits per heavy atom. The number of piperidine rings is 1. The van der Waals surface area contributed by atoms with E-state index in [2.05, 4.69) is 24.1 Å². The molecule has 1 aliphatic rings. The average molecular weight is 268 g/mol. The first-order valence-corrected chi connectivity index (χ1v) is 6.91. The fourth-order valence-corrected chi connectivity index (χ4v) is 2.94. The van der Waals surface area contributed by atoms with Crippen LogP contribution in [0, 0.1) is 11.6 Å². The van der Waals surface area contributed by atoms with Crippen molar-refractivity contribution in [2.45, 2.75) is 44.8 Å². The Morgan fingerprint density at radius 1 is 1.32 bits per heavy atom. The molecule has 106 valence electrons. The molecular weight excluding hydrogens is 246 g/mol. The van der Waals surface area contributed by atoms with Crippen LogP contribution in [0.4, 0.5) is 8.78 Å². The van der Waals surface area contributed by atoms with Gasteiger partial charge in [-0.05, 0) is 51.9 Å². The van der Waals surface area contributed by atoms with Crippen LogP contribution in [0.1, 0.15) is 38.3 Å². The van der Waals surface area contributed by atoms with E-state index in [9.17, 15) is 8.78 Å². The molecule has 1 aromatic carbocycles. The summed E-state index contributed by atoms with van der Waals surface area (Å²) < 4.78 is 27.4. The highest BCUT2D eigenvalue weighted by molar-refractivity contribution is 5.23. The van der Waals surface area contributed by atoms with Crippen molar-refractivity contribution >= 4 is 0 Å². The number of nitrogens with one attached hydrogen (secondary N) is 1. The monoisotopic (exact) mass is 268 g/mol. The van der Waals surface area contributed by atoms with Gasteiger partial charge in [-0.15, -0.1) is 0 Å². The predicted molar refractivity (Wildman–Crippen MR) is 73.0 cm³/mol. The first-order chi connectivity index (χ1) is 9.02. The standard InChI is InChI=1S/C15H22F2N2/c1-10(2)19-7-6-12(18-3)9-15(19)13-8-11(16)4-5-14(13)17/h4-5,8,10,12,15,18H,6-7,9H2,1-3H3. The van der Waals surface area contributed by atoms with Crippen molar-refractivity contribution < 1.29 is 8.78 Å². The van der Waals surface area contributed by atoms with Crippen molar-refractivity contribution in [1.29, 1.82) is 0 Å². The van der Waals surface area contributed by atoms with Gasteiger partial charge in [-0.2, -0.15) is 0 Å². The number of nitrogens with zero attached hydrogens (tertiary/aromatic N) is 1. The summed E-state index contributed by atoms with van der Waals surface area (Å²) in [5, 5.41) is 3.25. The van der Waals surface area contributed by atoms with E-state index < -0.39 is 0 Å². The van der Waals surface area contributed by atoms with Gasteiger partial charge in [0.15, 0.2) is 0 Å². The third-order valence-corrected chi connectivity index (χ3v) is 4.03. The van der Waals surface area contributed by atoms with Crippen LogP contribution in [0.3, 0.4) is 0 Å². The summed E-state index contributed by atoms with van der Waals surface area (Å²) in [7, 11) is 1.93. The summed E-state index contributed by atoms with van der Waals surface area (Å²) in [5.41, 5.74) is 0.480. The first kappa shape index (κ1) is 14.4. The Kier molecular flexibility index (Phi) is 4.53. The topological polar surface area (TPSA) is 15.3 Å². The lowest BCUT2D eigenvalue weighted by atomic mass is 9.90. The Morgan fingerprint density at radius 3 is 2.68 bits per heavy atom. The largest absolute Gasteiger partial charge is 0.317 e. The van der Waals surface area contributed by atoms with Gasteiger partial charge in [0.1, 0.15) is 11.6 Å². The number of halogens is 2. The van der Waals surface area contributed by atoms with Crippen molar-refractivity contribution in [1.82, 2.24) is 10.2 Å². The normalized spacial score (nSPS) is 24.9. The van der Waals surface area contributed by atoms with Gasteiger partial charge in [0.05, 0.1) is 0 Å². The second kappa shape index (κ2) is 5.97. The molecule has 1 N–H and O–H groups in total. The van der Waals surface area contributed by atoms with E-state index in [1.807, 2.05) is 7.05 Å². The second-order valence-corrected chi connectivity index (χ2v) is 5.52. The van der Waals surface area contributed by atoms with E-state index in [0.717, 1.165) is 19.4 Å². The number of hydrogen-bond acceptors (Lipinski definition) is 2. The molecule has 1 aliphatic heterocycles. The molecule has 0 saturated carbocycles. The van der Waals surface area contributed by atoms with E-state index in [1.54, 1.807) is 0 Å². The number of likely N-dealkylation sites (tertiary alicyclic amines) is 1. The summed E-state index contributed by atoms with van der Waals surface area (Å²) in [6.45, 7) is 5.11. The molecule has 2 atom stereocenters. The highest BCUT2D eigenvalue weighted by Gasteiger charge is 2.32.